The summed E-state index contributed by atoms with van der Waals surface area (Å²) < 4.78 is 5.23. The molecule has 32 heavy (non-hydrogen) atoms. The Balaban J connectivity index is 1.34. The molecule has 2 aromatic rings. The number of hydrogen-bond donors (Lipinski definition) is 1. The average Bonchev–Trinajstić information content (AvgIpc) is 3.51. The van der Waals surface area contributed by atoms with Crippen molar-refractivity contribution in [2.75, 3.05) is 0 Å². The average molecular weight is 436 g/mol. The van der Waals surface area contributed by atoms with Crippen LogP contribution >= 0.6 is 0 Å². The van der Waals surface area contributed by atoms with Crippen molar-refractivity contribution in [1.82, 2.24) is 10.4 Å². The predicted octanol–water partition coefficient (Wildman–Crippen LogP) is 3.57. The molecule has 4 rings (SSSR count). The van der Waals surface area contributed by atoms with Gasteiger partial charge in [0.2, 0.25) is 0 Å². The number of hydroxylamine groups is 2. The number of ether oxygens (including phenoxy) is 1. The molecular weight excluding hydrogens is 412 g/mol. The number of nitrogens with zero attached hydrogens (tertiary/aromatic N) is 1. The van der Waals surface area contributed by atoms with E-state index in [2.05, 4.69) is 5.32 Å². The van der Waals surface area contributed by atoms with Crippen molar-refractivity contribution < 1.29 is 28.8 Å². The van der Waals surface area contributed by atoms with Gasteiger partial charge < -0.3 is 14.9 Å². The van der Waals surface area contributed by atoms with E-state index in [0.717, 1.165) is 11.1 Å². The van der Waals surface area contributed by atoms with Crippen molar-refractivity contribution in [2.45, 2.75) is 45.3 Å². The lowest BCUT2D eigenvalue weighted by Crippen LogP contribution is -2.33. The first-order chi connectivity index (χ1) is 15.1. The number of carbonyl (C=O) groups is 4. The summed E-state index contributed by atoms with van der Waals surface area (Å²) in [5.41, 5.74) is 1.67. The van der Waals surface area contributed by atoms with Crippen LogP contribution in [-0.2, 0) is 20.9 Å². The molecule has 8 heteroatoms. The van der Waals surface area contributed by atoms with Gasteiger partial charge in [-0.2, -0.15) is 0 Å². The van der Waals surface area contributed by atoms with Gasteiger partial charge in [-0.15, -0.1) is 0 Å². The Kier molecular flexibility index (Phi) is 5.46. The molecule has 0 unspecified atom stereocenters. The summed E-state index contributed by atoms with van der Waals surface area (Å²) in [5.74, 6) is -2.38. The number of alkyl carbamates (subject to hydrolysis) is 1. The van der Waals surface area contributed by atoms with Gasteiger partial charge in [0.1, 0.15) is 5.60 Å². The van der Waals surface area contributed by atoms with Crippen LogP contribution in [0.1, 0.15) is 65.0 Å². The number of benzene rings is 2. The molecule has 0 spiro atoms. The molecule has 166 valence electrons. The molecule has 0 bridgehead atoms. The summed E-state index contributed by atoms with van der Waals surface area (Å²) in [5, 5.41) is 3.25. The number of hydrogen-bond acceptors (Lipinski definition) is 6. The monoisotopic (exact) mass is 436 g/mol. The van der Waals surface area contributed by atoms with E-state index < -0.39 is 35.4 Å². The first kappa shape index (κ1) is 21.5. The van der Waals surface area contributed by atoms with E-state index in [9.17, 15) is 19.2 Å². The van der Waals surface area contributed by atoms with Crippen LogP contribution in [0.5, 0.6) is 0 Å². The molecule has 0 aromatic heterocycles. The molecule has 8 nitrogen and oxygen atoms in total. The highest BCUT2D eigenvalue weighted by Crippen LogP contribution is 2.48. The minimum absolute atomic E-state index is 0.0702. The molecule has 0 saturated heterocycles. The molecule has 2 atom stereocenters. The molecular formula is C24H24N2O6. The summed E-state index contributed by atoms with van der Waals surface area (Å²) in [6, 6.07) is 13.9. The van der Waals surface area contributed by atoms with Gasteiger partial charge >= 0.3 is 12.1 Å². The minimum atomic E-state index is -0.633. The second-order valence-electron chi connectivity index (χ2n) is 8.91. The summed E-state index contributed by atoms with van der Waals surface area (Å²) >= 11 is 0. The summed E-state index contributed by atoms with van der Waals surface area (Å²) in [6.07, 6.45) is 0.0574. The maximum Gasteiger partial charge on any atom is 0.407 e. The lowest BCUT2D eigenvalue weighted by molar-refractivity contribution is -0.170. The lowest BCUT2D eigenvalue weighted by atomic mass is 10.1. The molecule has 2 aromatic carbocycles. The molecule has 1 aliphatic heterocycles. The maximum absolute atomic E-state index is 12.6. The predicted molar refractivity (Wildman–Crippen MR) is 113 cm³/mol. The minimum Gasteiger partial charge on any atom is -0.444 e. The largest absolute Gasteiger partial charge is 0.444 e. The van der Waals surface area contributed by atoms with Gasteiger partial charge in [0.15, 0.2) is 0 Å². The van der Waals surface area contributed by atoms with E-state index in [1.54, 1.807) is 32.9 Å². The standard InChI is InChI=1S/C24H24N2O6/c1-24(2,3)31-23(30)25-13-14-7-6-8-15(11-14)18-12-19(18)22(29)32-26-20(27)16-9-4-5-10-17(16)21(26)28/h4-11,18-19H,12-13H2,1-3H3,(H,25,30)/t18-,19+/m0/s1. The van der Waals surface area contributed by atoms with Gasteiger partial charge in [-0.05, 0) is 56.4 Å². The Morgan fingerprint density at radius 2 is 1.69 bits per heavy atom. The zero-order chi connectivity index (χ0) is 23.0. The van der Waals surface area contributed by atoms with Gasteiger partial charge in [0.25, 0.3) is 11.8 Å². The Morgan fingerprint density at radius 1 is 1.03 bits per heavy atom. The van der Waals surface area contributed by atoms with Crippen LogP contribution in [0.15, 0.2) is 48.5 Å². The SMILES string of the molecule is CC(C)(C)OC(=O)NCc1cccc([C@@H]2C[C@H]2C(=O)ON2C(=O)c3ccccc3C2=O)c1. The molecule has 1 N–H and O–H groups in total. The van der Waals surface area contributed by atoms with E-state index >= 15 is 0 Å². The first-order valence-electron chi connectivity index (χ1n) is 10.4. The van der Waals surface area contributed by atoms with Gasteiger partial charge in [-0.3, -0.25) is 9.59 Å². The Hall–Kier alpha value is -3.68. The molecule has 3 amide bonds. The number of imide groups is 1. The van der Waals surface area contributed by atoms with Crippen LogP contribution in [0.4, 0.5) is 4.79 Å². The molecule has 1 fully saturated rings. The van der Waals surface area contributed by atoms with Crippen molar-refractivity contribution in [3.8, 4) is 0 Å². The number of amides is 3. The van der Waals surface area contributed by atoms with Gasteiger partial charge in [-0.1, -0.05) is 41.5 Å². The van der Waals surface area contributed by atoms with E-state index in [1.165, 1.54) is 12.1 Å². The number of carbonyl (C=O) groups excluding carboxylic acids is 4. The fourth-order valence-corrected chi connectivity index (χ4v) is 3.65. The molecule has 1 saturated carbocycles. The van der Waals surface area contributed by atoms with E-state index in [1.807, 2.05) is 24.3 Å². The molecule has 2 aliphatic rings. The topological polar surface area (TPSA) is 102 Å². The van der Waals surface area contributed by atoms with Crippen LogP contribution in [0, 0.1) is 5.92 Å². The summed E-state index contributed by atoms with van der Waals surface area (Å²) in [6.45, 7) is 5.67. The van der Waals surface area contributed by atoms with Crippen molar-refractivity contribution >= 4 is 23.9 Å². The lowest BCUT2D eigenvalue weighted by Gasteiger charge is -2.19. The fourth-order valence-electron chi connectivity index (χ4n) is 3.65. The highest BCUT2D eigenvalue weighted by Gasteiger charge is 2.48. The van der Waals surface area contributed by atoms with Crippen LogP contribution in [-0.4, -0.2) is 34.5 Å². The Bertz CT molecular complexity index is 1070. The van der Waals surface area contributed by atoms with Gasteiger partial charge in [-0.25, -0.2) is 9.59 Å². The second-order valence-corrected chi connectivity index (χ2v) is 8.91. The number of nitrogens with one attached hydrogen (secondary N) is 1. The Morgan fingerprint density at radius 3 is 2.31 bits per heavy atom. The van der Waals surface area contributed by atoms with Crippen LogP contribution in [0.25, 0.3) is 0 Å². The van der Waals surface area contributed by atoms with E-state index in [4.69, 9.17) is 9.57 Å². The second kappa shape index (κ2) is 8.11. The number of rotatable bonds is 5. The van der Waals surface area contributed by atoms with Crippen molar-refractivity contribution in [2.24, 2.45) is 5.92 Å². The van der Waals surface area contributed by atoms with Crippen molar-refractivity contribution in [3.05, 3.63) is 70.8 Å². The fraction of sp³-hybridized carbons (Fsp3) is 0.333. The quantitative estimate of drug-likeness (QED) is 0.719. The highest BCUT2D eigenvalue weighted by molar-refractivity contribution is 6.20. The molecule has 1 aliphatic carbocycles. The van der Waals surface area contributed by atoms with Gasteiger partial charge in [0, 0.05) is 6.54 Å². The van der Waals surface area contributed by atoms with Crippen LogP contribution in [0.3, 0.4) is 0 Å². The first-order valence-corrected chi connectivity index (χ1v) is 10.4. The Labute approximate surface area is 185 Å². The zero-order valence-electron chi connectivity index (χ0n) is 18.1. The number of fused-ring (bicyclic) bond motifs is 1. The third-order valence-electron chi connectivity index (χ3n) is 5.25. The van der Waals surface area contributed by atoms with Crippen molar-refractivity contribution in [1.29, 1.82) is 0 Å². The smallest absolute Gasteiger partial charge is 0.407 e. The third kappa shape index (κ3) is 4.49. The van der Waals surface area contributed by atoms with E-state index in [-0.39, 0.29) is 17.0 Å². The zero-order valence-corrected chi connectivity index (χ0v) is 18.1. The van der Waals surface area contributed by atoms with Gasteiger partial charge in [0.05, 0.1) is 17.0 Å². The summed E-state index contributed by atoms with van der Waals surface area (Å²) in [4.78, 5) is 54.4. The maximum atomic E-state index is 12.6. The van der Waals surface area contributed by atoms with E-state index in [0.29, 0.717) is 18.0 Å². The molecule has 1 heterocycles. The normalized spacial score (nSPS) is 19.4. The summed E-state index contributed by atoms with van der Waals surface area (Å²) in [7, 11) is 0. The highest BCUT2D eigenvalue weighted by atomic mass is 16.7. The third-order valence-corrected chi connectivity index (χ3v) is 5.25. The van der Waals surface area contributed by atoms with Crippen LogP contribution < -0.4 is 5.32 Å². The van der Waals surface area contributed by atoms with Crippen LogP contribution in [0.2, 0.25) is 0 Å². The molecule has 0 radical (unpaired) electrons. The van der Waals surface area contributed by atoms with Crippen molar-refractivity contribution in [3.63, 3.8) is 0 Å².